The second-order valence-corrected chi connectivity index (χ2v) is 7.91. The van der Waals surface area contributed by atoms with E-state index in [4.69, 9.17) is 0 Å². The fraction of sp³-hybridized carbons (Fsp3) is 0.273. The van der Waals surface area contributed by atoms with Gasteiger partial charge in [0.15, 0.2) is 0 Å². The van der Waals surface area contributed by atoms with Crippen LogP contribution in [0, 0.1) is 6.92 Å². The Morgan fingerprint density at radius 2 is 2.00 bits per heavy atom. The molecule has 1 saturated carbocycles. The normalized spacial score (nSPS) is 14.2. The number of imidazole rings is 1. The van der Waals surface area contributed by atoms with Crippen LogP contribution in [0.4, 0.5) is 18.9 Å². The molecule has 4 aromatic heterocycles. The minimum Gasteiger partial charge on any atom is -0.321 e. The van der Waals surface area contributed by atoms with Crippen LogP contribution in [0.25, 0.3) is 17.0 Å². The molecule has 1 amide bonds. The van der Waals surface area contributed by atoms with E-state index in [2.05, 4.69) is 20.4 Å². The Balaban J connectivity index is 1.61. The molecule has 10 heteroatoms. The van der Waals surface area contributed by atoms with E-state index in [1.165, 1.54) is 13.1 Å². The van der Waals surface area contributed by atoms with Crippen LogP contribution in [0.1, 0.15) is 46.2 Å². The number of nitrogens with zero attached hydrogens (tertiary/aromatic N) is 5. The number of aromatic nitrogens is 5. The third-order valence-corrected chi connectivity index (χ3v) is 5.44. The second-order valence-electron chi connectivity index (χ2n) is 7.91. The van der Waals surface area contributed by atoms with Gasteiger partial charge in [0.25, 0.3) is 5.91 Å². The molecule has 0 spiro atoms. The topological polar surface area (TPSA) is 77.1 Å². The molecular weight excluding hydrogens is 421 g/mol. The minimum absolute atomic E-state index is 0.199. The summed E-state index contributed by atoms with van der Waals surface area (Å²) in [6.07, 6.45) is 0.422. The first kappa shape index (κ1) is 20.2. The summed E-state index contributed by atoms with van der Waals surface area (Å²) in [7, 11) is 1.33. The Morgan fingerprint density at radius 3 is 2.72 bits per heavy atom. The number of alkyl halides is 3. The van der Waals surface area contributed by atoms with Gasteiger partial charge >= 0.3 is 6.18 Å². The lowest BCUT2D eigenvalue weighted by Gasteiger charge is -2.12. The van der Waals surface area contributed by atoms with Crippen molar-refractivity contribution in [2.75, 3.05) is 5.32 Å². The molecule has 1 N–H and O–H groups in total. The summed E-state index contributed by atoms with van der Waals surface area (Å²) in [5.74, 6) is -0.541. The van der Waals surface area contributed by atoms with Crippen LogP contribution in [-0.2, 0) is 13.2 Å². The van der Waals surface area contributed by atoms with E-state index >= 15 is 0 Å². The summed E-state index contributed by atoms with van der Waals surface area (Å²) in [6, 6.07) is 8.10. The van der Waals surface area contributed by atoms with Gasteiger partial charge in [0, 0.05) is 36.7 Å². The Labute approximate surface area is 180 Å². The monoisotopic (exact) mass is 440 g/mol. The molecule has 4 aromatic rings. The first-order valence-electron chi connectivity index (χ1n) is 10.1. The third kappa shape index (κ3) is 3.51. The van der Waals surface area contributed by atoms with Crippen LogP contribution in [0.3, 0.4) is 0 Å². The number of carbonyl (C=O) groups excluding carboxylic acids is 1. The molecule has 0 aromatic carbocycles. The van der Waals surface area contributed by atoms with Gasteiger partial charge in [0.05, 0.1) is 11.4 Å². The number of anilines is 1. The van der Waals surface area contributed by atoms with E-state index in [-0.39, 0.29) is 11.4 Å². The zero-order valence-electron chi connectivity index (χ0n) is 17.3. The number of amides is 1. The molecule has 0 radical (unpaired) electrons. The standard InChI is InChI=1S/C22H19F3N6O/c1-12-11-31-16(4-3-5-17(31)27-12)19-18(22(23,24)25)20(30(2)29-19)21(32)28-14-8-9-26-15(10-14)13-6-7-13/h3-5,8-11,13H,6-7H2,1-2H3,(H,26,28,32). The fourth-order valence-corrected chi connectivity index (χ4v) is 3.88. The van der Waals surface area contributed by atoms with Crippen molar-refractivity contribution in [3.63, 3.8) is 0 Å². The average molecular weight is 440 g/mol. The highest BCUT2D eigenvalue weighted by atomic mass is 19.4. The molecule has 164 valence electrons. The summed E-state index contributed by atoms with van der Waals surface area (Å²) in [4.78, 5) is 21.6. The van der Waals surface area contributed by atoms with Gasteiger partial charge in [-0.25, -0.2) is 4.98 Å². The SMILES string of the molecule is Cc1cn2c(-c3nn(C)c(C(=O)Nc4ccnc(C5CC5)c4)c3C(F)(F)F)cccc2n1. The molecule has 0 saturated heterocycles. The second kappa shape index (κ2) is 7.18. The van der Waals surface area contributed by atoms with Gasteiger partial charge in [0.1, 0.15) is 22.6 Å². The van der Waals surface area contributed by atoms with E-state index in [1.807, 2.05) is 0 Å². The van der Waals surface area contributed by atoms with Crippen LogP contribution < -0.4 is 5.32 Å². The number of carbonyl (C=O) groups is 1. The van der Waals surface area contributed by atoms with Crippen LogP contribution >= 0.6 is 0 Å². The van der Waals surface area contributed by atoms with Gasteiger partial charge in [-0.15, -0.1) is 0 Å². The van der Waals surface area contributed by atoms with Gasteiger partial charge in [-0.1, -0.05) is 6.07 Å². The zero-order chi connectivity index (χ0) is 22.6. The maximum Gasteiger partial charge on any atom is 0.420 e. The lowest BCUT2D eigenvalue weighted by Crippen LogP contribution is -2.21. The van der Waals surface area contributed by atoms with Gasteiger partial charge in [0.2, 0.25) is 0 Å². The summed E-state index contributed by atoms with van der Waals surface area (Å²) < 4.78 is 45.2. The Hall–Kier alpha value is -3.69. The average Bonchev–Trinajstić information content (AvgIpc) is 3.41. The van der Waals surface area contributed by atoms with Gasteiger partial charge in [-0.3, -0.25) is 18.9 Å². The van der Waals surface area contributed by atoms with Crippen LogP contribution in [0.2, 0.25) is 0 Å². The minimum atomic E-state index is -4.80. The molecule has 0 unspecified atom stereocenters. The molecule has 1 aliphatic carbocycles. The van der Waals surface area contributed by atoms with Crippen LogP contribution in [-0.4, -0.2) is 30.1 Å². The van der Waals surface area contributed by atoms with Crippen molar-refractivity contribution in [3.05, 3.63) is 65.4 Å². The van der Waals surface area contributed by atoms with Crippen LogP contribution in [0.5, 0.6) is 0 Å². The van der Waals surface area contributed by atoms with Crippen molar-refractivity contribution in [1.29, 1.82) is 0 Å². The fourth-order valence-electron chi connectivity index (χ4n) is 3.88. The quantitative estimate of drug-likeness (QED) is 0.504. The molecule has 1 fully saturated rings. The van der Waals surface area contributed by atoms with Crippen molar-refractivity contribution < 1.29 is 18.0 Å². The predicted octanol–water partition coefficient (Wildman–Crippen LogP) is 4.59. The molecule has 1 aliphatic rings. The molecule has 7 nitrogen and oxygen atoms in total. The van der Waals surface area contributed by atoms with Crippen molar-refractivity contribution in [2.45, 2.75) is 31.9 Å². The molecule has 0 bridgehead atoms. The first-order chi connectivity index (χ1) is 15.2. The van der Waals surface area contributed by atoms with Gasteiger partial charge in [-0.2, -0.15) is 18.3 Å². The Morgan fingerprint density at radius 1 is 1.22 bits per heavy atom. The van der Waals surface area contributed by atoms with Gasteiger partial charge < -0.3 is 5.32 Å². The number of nitrogens with one attached hydrogen (secondary N) is 1. The number of hydrogen-bond acceptors (Lipinski definition) is 4. The van der Waals surface area contributed by atoms with Crippen molar-refractivity contribution in [2.24, 2.45) is 7.05 Å². The van der Waals surface area contributed by atoms with E-state index < -0.39 is 23.3 Å². The summed E-state index contributed by atoms with van der Waals surface area (Å²) >= 11 is 0. The molecular formula is C22H19F3N6O. The highest BCUT2D eigenvalue weighted by Gasteiger charge is 2.42. The number of halogens is 3. The van der Waals surface area contributed by atoms with E-state index in [0.717, 1.165) is 23.2 Å². The van der Waals surface area contributed by atoms with Crippen molar-refractivity contribution >= 4 is 17.2 Å². The van der Waals surface area contributed by atoms with Gasteiger partial charge in [-0.05, 0) is 44.0 Å². The molecule has 32 heavy (non-hydrogen) atoms. The number of fused-ring (bicyclic) bond motifs is 1. The lowest BCUT2D eigenvalue weighted by atomic mass is 10.1. The predicted molar refractivity (Wildman–Crippen MR) is 111 cm³/mol. The number of aryl methyl sites for hydroxylation is 2. The molecule has 5 rings (SSSR count). The highest BCUT2D eigenvalue weighted by Crippen LogP contribution is 2.41. The van der Waals surface area contributed by atoms with E-state index in [9.17, 15) is 18.0 Å². The number of pyridine rings is 2. The smallest absolute Gasteiger partial charge is 0.321 e. The lowest BCUT2D eigenvalue weighted by molar-refractivity contribution is -0.137. The summed E-state index contributed by atoms with van der Waals surface area (Å²) in [5, 5.41) is 6.68. The Bertz CT molecular complexity index is 1350. The highest BCUT2D eigenvalue weighted by molar-refractivity contribution is 6.05. The maximum atomic E-state index is 14.2. The van der Waals surface area contributed by atoms with Crippen molar-refractivity contribution in [3.8, 4) is 11.4 Å². The molecule has 0 atom stereocenters. The number of hydrogen-bond donors (Lipinski definition) is 1. The maximum absolute atomic E-state index is 14.2. The zero-order valence-corrected chi connectivity index (χ0v) is 17.3. The van der Waals surface area contributed by atoms with E-state index in [1.54, 1.807) is 48.0 Å². The van der Waals surface area contributed by atoms with Crippen LogP contribution in [0.15, 0.2) is 42.7 Å². The first-order valence-corrected chi connectivity index (χ1v) is 10.1. The largest absolute Gasteiger partial charge is 0.420 e. The van der Waals surface area contributed by atoms with Crippen molar-refractivity contribution in [1.82, 2.24) is 24.1 Å². The van der Waals surface area contributed by atoms with E-state index in [0.29, 0.717) is 22.9 Å². The number of rotatable bonds is 4. The third-order valence-electron chi connectivity index (χ3n) is 5.44. The summed E-state index contributed by atoms with van der Waals surface area (Å²) in [5.41, 5.74) is 0.588. The molecule has 0 aliphatic heterocycles. The Kier molecular flexibility index (Phi) is 4.54. The molecule has 4 heterocycles. The summed E-state index contributed by atoms with van der Waals surface area (Å²) in [6.45, 7) is 1.75.